The molecule has 0 fully saturated rings. The highest BCUT2D eigenvalue weighted by Crippen LogP contribution is 2.27. The number of rotatable bonds is 3. The van der Waals surface area contributed by atoms with Gasteiger partial charge in [-0.25, -0.2) is 4.39 Å². The van der Waals surface area contributed by atoms with Gasteiger partial charge in [0.25, 0.3) is 0 Å². The Balaban J connectivity index is 2.90. The number of hydrogen-bond acceptors (Lipinski definition) is 4. The van der Waals surface area contributed by atoms with Crippen molar-refractivity contribution in [3.63, 3.8) is 0 Å². The minimum atomic E-state index is -0.687. The number of ether oxygens (including phenoxy) is 1. The Hall–Kier alpha value is -1.49. The lowest BCUT2D eigenvalue weighted by molar-refractivity contribution is 0.196. The highest BCUT2D eigenvalue weighted by molar-refractivity contribution is 5.66. The van der Waals surface area contributed by atoms with E-state index >= 15 is 0 Å². The lowest BCUT2D eigenvalue weighted by atomic mass is 10.2. The Labute approximate surface area is 74.9 Å². The zero-order chi connectivity index (χ0) is 9.84. The normalized spacial score (nSPS) is 10.0. The van der Waals surface area contributed by atoms with Crippen LogP contribution in [-0.4, -0.2) is 18.3 Å². The summed E-state index contributed by atoms with van der Waals surface area (Å²) in [5, 5.41) is 8.44. The largest absolute Gasteiger partial charge is 0.488 e. The molecular weight excluding hydrogens is 175 g/mol. The molecule has 1 aromatic rings. The summed E-state index contributed by atoms with van der Waals surface area (Å²) in [6.07, 6.45) is 0. The van der Waals surface area contributed by atoms with Gasteiger partial charge in [-0.15, -0.1) is 0 Å². The van der Waals surface area contributed by atoms with E-state index in [0.29, 0.717) is 0 Å². The summed E-state index contributed by atoms with van der Waals surface area (Å²) in [6, 6.07) is 2.82. The van der Waals surface area contributed by atoms with Gasteiger partial charge in [0, 0.05) is 0 Å². The van der Waals surface area contributed by atoms with Crippen LogP contribution in [0.2, 0.25) is 0 Å². The van der Waals surface area contributed by atoms with Crippen LogP contribution in [-0.2, 0) is 0 Å². The summed E-state index contributed by atoms with van der Waals surface area (Å²) in [4.78, 5) is 0. The number of benzene rings is 1. The maximum absolute atomic E-state index is 13.2. The Bertz CT molecular complexity index is 304. The van der Waals surface area contributed by atoms with Crippen LogP contribution in [0.3, 0.4) is 0 Å². The molecular formula is C8H11FN2O2. The van der Waals surface area contributed by atoms with Crippen molar-refractivity contribution in [2.45, 2.75) is 0 Å². The van der Waals surface area contributed by atoms with E-state index in [1.807, 2.05) is 0 Å². The van der Waals surface area contributed by atoms with E-state index in [9.17, 15) is 4.39 Å². The Morgan fingerprint density at radius 1 is 1.38 bits per heavy atom. The van der Waals surface area contributed by atoms with E-state index in [2.05, 4.69) is 0 Å². The number of aliphatic hydroxyl groups excluding tert-OH is 1. The summed E-state index contributed by atoms with van der Waals surface area (Å²) < 4.78 is 18.0. The fourth-order valence-corrected chi connectivity index (χ4v) is 0.855. The van der Waals surface area contributed by atoms with Gasteiger partial charge in [0.05, 0.1) is 18.0 Å². The first kappa shape index (κ1) is 9.60. The molecule has 0 saturated heterocycles. The third-order valence-corrected chi connectivity index (χ3v) is 1.53. The van der Waals surface area contributed by atoms with Gasteiger partial charge in [-0.1, -0.05) is 0 Å². The molecule has 0 amide bonds. The summed E-state index contributed by atoms with van der Waals surface area (Å²) in [5.41, 5.74) is 10.7. The number of nitrogen functional groups attached to an aromatic ring is 2. The van der Waals surface area contributed by atoms with Gasteiger partial charge >= 0.3 is 0 Å². The van der Waals surface area contributed by atoms with Crippen molar-refractivity contribution in [1.82, 2.24) is 0 Å². The van der Waals surface area contributed by atoms with Crippen molar-refractivity contribution in [1.29, 1.82) is 0 Å². The monoisotopic (exact) mass is 186 g/mol. The van der Waals surface area contributed by atoms with E-state index < -0.39 is 5.82 Å². The molecule has 5 N–H and O–H groups in total. The second-order valence-corrected chi connectivity index (χ2v) is 2.45. The maximum Gasteiger partial charge on any atom is 0.189 e. The first-order valence-corrected chi connectivity index (χ1v) is 3.74. The van der Waals surface area contributed by atoms with Crippen LogP contribution in [0.1, 0.15) is 0 Å². The summed E-state index contributed by atoms with van der Waals surface area (Å²) >= 11 is 0. The molecule has 0 saturated carbocycles. The van der Waals surface area contributed by atoms with Gasteiger partial charge in [-0.05, 0) is 12.1 Å². The predicted molar refractivity (Wildman–Crippen MR) is 47.8 cm³/mol. The van der Waals surface area contributed by atoms with Crippen molar-refractivity contribution in [3.8, 4) is 5.75 Å². The van der Waals surface area contributed by atoms with Crippen LogP contribution in [0.4, 0.5) is 15.8 Å². The fourth-order valence-electron chi connectivity index (χ4n) is 0.855. The number of aliphatic hydroxyl groups is 1. The van der Waals surface area contributed by atoms with Crippen molar-refractivity contribution < 1.29 is 14.2 Å². The molecule has 0 aliphatic rings. The van der Waals surface area contributed by atoms with Crippen molar-refractivity contribution >= 4 is 11.4 Å². The van der Waals surface area contributed by atoms with Gasteiger partial charge in [-0.2, -0.15) is 0 Å². The van der Waals surface area contributed by atoms with Gasteiger partial charge in [-0.3, -0.25) is 0 Å². The molecule has 0 aliphatic heterocycles. The molecule has 0 heterocycles. The van der Waals surface area contributed by atoms with Crippen LogP contribution >= 0.6 is 0 Å². The third kappa shape index (κ3) is 2.00. The van der Waals surface area contributed by atoms with E-state index in [4.69, 9.17) is 21.3 Å². The summed E-state index contributed by atoms with van der Waals surface area (Å²) in [6.45, 7) is -0.149. The SMILES string of the molecule is Nc1ccc(OCCO)c(F)c1N. The van der Waals surface area contributed by atoms with E-state index in [0.717, 1.165) is 0 Å². The highest BCUT2D eigenvalue weighted by atomic mass is 19.1. The molecule has 0 atom stereocenters. The zero-order valence-corrected chi connectivity index (χ0v) is 6.96. The molecule has 13 heavy (non-hydrogen) atoms. The fraction of sp³-hybridized carbons (Fsp3) is 0.250. The lowest BCUT2D eigenvalue weighted by Crippen LogP contribution is -2.05. The first-order valence-electron chi connectivity index (χ1n) is 3.74. The molecule has 0 bridgehead atoms. The molecule has 1 aromatic carbocycles. The highest BCUT2D eigenvalue weighted by Gasteiger charge is 2.09. The summed E-state index contributed by atoms with van der Waals surface area (Å²) in [5.74, 6) is -0.686. The van der Waals surface area contributed by atoms with Crippen LogP contribution in [0.25, 0.3) is 0 Å². The third-order valence-electron chi connectivity index (χ3n) is 1.53. The predicted octanol–water partition coefficient (Wildman–Crippen LogP) is 0.361. The van der Waals surface area contributed by atoms with Gasteiger partial charge in [0.15, 0.2) is 11.6 Å². The molecule has 0 aromatic heterocycles. The van der Waals surface area contributed by atoms with Crippen LogP contribution < -0.4 is 16.2 Å². The maximum atomic E-state index is 13.2. The standard InChI is InChI=1S/C8H11FN2O2/c9-7-6(13-4-3-12)2-1-5(10)8(7)11/h1-2,12H,3-4,10-11H2. The number of nitrogens with two attached hydrogens (primary N) is 2. The zero-order valence-electron chi connectivity index (χ0n) is 6.96. The van der Waals surface area contributed by atoms with Crippen LogP contribution in [0.15, 0.2) is 12.1 Å². The topological polar surface area (TPSA) is 81.5 Å². The quantitative estimate of drug-likeness (QED) is 0.595. The molecule has 1 rings (SSSR count). The van der Waals surface area contributed by atoms with Crippen LogP contribution in [0, 0.1) is 5.82 Å². The number of halogens is 1. The molecule has 0 unspecified atom stereocenters. The van der Waals surface area contributed by atoms with Crippen molar-refractivity contribution in [2.75, 3.05) is 24.7 Å². The van der Waals surface area contributed by atoms with E-state index in [-0.39, 0.29) is 30.3 Å². The minimum absolute atomic E-state index is 0.000694. The van der Waals surface area contributed by atoms with Crippen molar-refractivity contribution in [3.05, 3.63) is 17.9 Å². The molecule has 72 valence electrons. The van der Waals surface area contributed by atoms with Gasteiger partial charge < -0.3 is 21.3 Å². The molecule has 0 aliphatic carbocycles. The smallest absolute Gasteiger partial charge is 0.189 e. The number of hydrogen-bond donors (Lipinski definition) is 3. The Morgan fingerprint density at radius 2 is 2.08 bits per heavy atom. The second kappa shape index (κ2) is 3.95. The van der Waals surface area contributed by atoms with E-state index in [1.165, 1.54) is 12.1 Å². The van der Waals surface area contributed by atoms with Crippen LogP contribution in [0.5, 0.6) is 5.75 Å². The minimum Gasteiger partial charge on any atom is -0.488 e. The molecule has 4 nitrogen and oxygen atoms in total. The van der Waals surface area contributed by atoms with Gasteiger partial charge in [0.1, 0.15) is 6.61 Å². The molecule has 0 spiro atoms. The molecule has 0 radical (unpaired) electrons. The average Bonchev–Trinajstić information content (AvgIpc) is 2.13. The summed E-state index contributed by atoms with van der Waals surface area (Å²) in [7, 11) is 0. The molecule has 5 heteroatoms. The second-order valence-electron chi connectivity index (χ2n) is 2.45. The van der Waals surface area contributed by atoms with Crippen molar-refractivity contribution in [2.24, 2.45) is 0 Å². The number of anilines is 2. The Morgan fingerprint density at radius 3 is 2.69 bits per heavy atom. The first-order chi connectivity index (χ1) is 6.16. The lowest BCUT2D eigenvalue weighted by Gasteiger charge is -2.08. The average molecular weight is 186 g/mol. The Kier molecular flexibility index (Phi) is 2.92. The van der Waals surface area contributed by atoms with E-state index in [1.54, 1.807) is 0 Å². The van der Waals surface area contributed by atoms with Gasteiger partial charge in [0.2, 0.25) is 0 Å².